The molecular formula is C32H36ClN3O5S. The van der Waals surface area contributed by atoms with Crippen LogP contribution in [0.2, 0.25) is 5.02 Å². The number of piperidine rings is 1. The lowest BCUT2D eigenvalue weighted by Crippen LogP contribution is -2.55. The minimum Gasteiger partial charge on any atom is -0.340 e. The Morgan fingerprint density at radius 3 is 2.12 bits per heavy atom. The number of benzene rings is 3. The Morgan fingerprint density at radius 2 is 1.52 bits per heavy atom. The van der Waals surface area contributed by atoms with E-state index in [1.807, 2.05) is 47.7 Å². The highest BCUT2D eigenvalue weighted by molar-refractivity contribution is 7.90. The van der Waals surface area contributed by atoms with Gasteiger partial charge in [0, 0.05) is 29.2 Å². The number of amides is 3. The van der Waals surface area contributed by atoms with Crippen LogP contribution in [-0.4, -0.2) is 50.2 Å². The Labute approximate surface area is 252 Å². The van der Waals surface area contributed by atoms with Crippen LogP contribution in [0, 0.1) is 11.3 Å². The molecule has 2 N–H and O–H groups in total. The quantitative estimate of drug-likeness (QED) is 0.362. The molecule has 0 aliphatic carbocycles. The van der Waals surface area contributed by atoms with E-state index in [1.165, 1.54) is 42.0 Å². The number of hydrogen-bond acceptors (Lipinski definition) is 5. The second-order valence-electron chi connectivity index (χ2n) is 11.7. The van der Waals surface area contributed by atoms with Gasteiger partial charge in [-0.15, -0.1) is 0 Å². The first-order valence-corrected chi connectivity index (χ1v) is 15.7. The summed E-state index contributed by atoms with van der Waals surface area (Å²) in [6, 6.07) is 20.3. The molecule has 1 aliphatic heterocycles. The zero-order valence-corrected chi connectivity index (χ0v) is 25.7. The van der Waals surface area contributed by atoms with E-state index >= 15 is 0 Å². The normalized spacial score (nSPS) is 17.4. The van der Waals surface area contributed by atoms with Gasteiger partial charge >= 0.3 is 0 Å². The molecule has 42 heavy (non-hydrogen) atoms. The number of hydrogen-bond donors (Lipinski definition) is 2. The molecule has 1 aliphatic rings. The van der Waals surface area contributed by atoms with Crippen LogP contribution in [0.3, 0.4) is 0 Å². The van der Waals surface area contributed by atoms with Gasteiger partial charge in [0.1, 0.15) is 6.04 Å². The molecule has 4 rings (SSSR count). The Hall–Kier alpha value is -3.69. The second kappa shape index (κ2) is 12.7. The van der Waals surface area contributed by atoms with Crippen molar-refractivity contribution in [2.24, 2.45) is 11.3 Å². The Bertz CT molecular complexity index is 1560. The first-order valence-electron chi connectivity index (χ1n) is 13.9. The summed E-state index contributed by atoms with van der Waals surface area (Å²) >= 11 is 6.08. The van der Waals surface area contributed by atoms with Crippen molar-refractivity contribution < 1.29 is 22.8 Å². The summed E-state index contributed by atoms with van der Waals surface area (Å²) in [4.78, 5) is 41.5. The molecule has 1 saturated heterocycles. The summed E-state index contributed by atoms with van der Waals surface area (Å²) < 4.78 is 27.2. The largest absolute Gasteiger partial charge is 0.340 e. The van der Waals surface area contributed by atoms with Crippen LogP contribution in [-0.2, 0) is 14.8 Å². The van der Waals surface area contributed by atoms with E-state index in [0.29, 0.717) is 18.1 Å². The van der Waals surface area contributed by atoms with Gasteiger partial charge in [-0.2, -0.15) is 0 Å². The summed E-state index contributed by atoms with van der Waals surface area (Å²) in [7, 11) is -4.08. The third kappa shape index (κ3) is 7.20. The van der Waals surface area contributed by atoms with Crippen LogP contribution >= 0.6 is 11.6 Å². The van der Waals surface area contributed by atoms with Crippen LogP contribution in [0.15, 0.2) is 83.8 Å². The van der Waals surface area contributed by atoms with E-state index < -0.39 is 27.9 Å². The zero-order chi connectivity index (χ0) is 30.7. The smallest absolute Gasteiger partial charge is 0.265 e. The molecule has 0 bridgehead atoms. The monoisotopic (exact) mass is 609 g/mol. The van der Waals surface area contributed by atoms with E-state index in [2.05, 4.69) is 19.2 Å². The maximum Gasteiger partial charge on any atom is 0.265 e. The van der Waals surface area contributed by atoms with Crippen LogP contribution in [0.25, 0.3) is 0 Å². The minimum atomic E-state index is -4.08. The number of carbonyl (C=O) groups excluding carboxylic acids is 3. The van der Waals surface area contributed by atoms with Crippen molar-refractivity contribution in [1.82, 2.24) is 14.9 Å². The maximum absolute atomic E-state index is 13.7. The van der Waals surface area contributed by atoms with E-state index in [4.69, 9.17) is 11.6 Å². The number of nitrogens with zero attached hydrogens (tertiary/aromatic N) is 1. The second-order valence-corrected chi connectivity index (χ2v) is 13.8. The summed E-state index contributed by atoms with van der Waals surface area (Å²) in [6.45, 7) is 9.11. The van der Waals surface area contributed by atoms with Gasteiger partial charge in [-0.3, -0.25) is 14.4 Å². The summed E-state index contributed by atoms with van der Waals surface area (Å²) in [5.41, 5.74) is 1.13. The molecular weight excluding hydrogens is 574 g/mol. The topological polar surface area (TPSA) is 113 Å². The molecule has 0 spiro atoms. The molecule has 3 aromatic carbocycles. The molecule has 0 radical (unpaired) electrons. The average Bonchev–Trinajstić information content (AvgIpc) is 2.95. The van der Waals surface area contributed by atoms with E-state index in [9.17, 15) is 22.8 Å². The molecule has 1 fully saturated rings. The van der Waals surface area contributed by atoms with Gasteiger partial charge in [0.05, 0.1) is 4.90 Å². The molecule has 222 valence electrons. The molecule has 0 aromatic heterocycles. The Balaban J connectivity index is 1.45. The standard InChI is InChI=1S/C32H36ClN3O5S/c1-21(2)28(31(39)36-18-17-27(32(3,4)20-36)22-13-15-25(33)16-14-22)34-29(37)23-9-8-10-24(19-23)30(38)35-42(40,41)26-11-6-5-7-12-26/h5-16,19,21,27-28H,17-18,20H2,1-4H3,(H,34,37)(H,35,38)/t27-,28-/m1/s1. The lowest BCUT2D eigenvalue weighted by molar-refractivity contribution is -0.137. The van der Waals surface area contributed by atoms with Gasteiger partial charge in [-0.25, -0.2) is 13.1 Å². The molecule has 3 aromatic rings. The molecule has 2 atom stereocenters. The molecule has 10 heteroatoms. The van der Waals surface area contributed by atoms with Gasteiger partial charge in [-0.05, 0) is 71.7 Å². The van der Waals surface area contributed by atoms with Crippen molar-refractivity contribution in [2.45, 2.75) is 51.0 Å². The lowest BCUT2D eigenvalue weighted by atomic mass is 9.70. The minimum absolute atomic E-state index is 0.000556. The summed E-state index contributed by atoms with van der Waals surface area (Å²) in [5, 5.41) is 3.54. The predicted octanol–water partition coefficient (Wildman–Crippen LogP) is 5.26. The number of carbonyl (C=O) groups is 3. The van der Waals surface area contributed by atoms with Gasteiger partial charge in [-0.1, -0.05) is 75.7 Å². The van der Waals surface area contributed by atoms with E-state index in [1.54, 1.807) is 18.2 Å². The van der Waals surface area contributed by atoms with Crippen molar-refractivity contribution in [3.63, 3.8) is 0 Å². The lowest BCUT2D eigenvalue weighted by Gasteiger charge is -2.45. The maximum atomic E-state index is 13.7. The first kappa shape index (κ1) is 31.3. The Kier molecular flexibility index (Phi) is 9.43. The fourth-order valence-electron chi connectivity index (χ4n) is 5.43. The number of likely N-dealkylation sites (tertiary alicyclic amines) is 1. The van der Waals surface area contributed by atoms with Gasteiger partial charge in [0.25, 0.3) is 21.8 Å². The highest BCUT2D eigenvalue weighted by Crippen LogP contribution is 2.42. The molecule has 0 saturated carbocycles. The third-order valence-electron chi connectivity index (χ3n) is 7.70. The average molecular weight is 610 g/mol. The first-order chi connectivity index (χ1) is 19.8. The fraction of sp³-hybridized carbons (Fsp3) is 0.344. The SMILES string of the molecule is CC(C)[C@@H](NC(=O)c1cccc(C(=O)NS(=O)(=O)c2ccccc2)c1)C(=O)N1CC[C@H](c2ccc(Cl)cc2)C(C)(C)C1. The van der Waals surface area contributed by atoms with Crippen molar-refractivity contribution >= 4 is 39.3 Å². The van der Waals surface area contributed by atoms with E-state index in [0.717, 1.165) is 6.42 Å². The summed E-state index contributed by atoms with van der Waals surface area (Å²) in [5.74, 6) is -1.50. The number of sulfonamides is 1. The highest BCUT2D eigenvalue weighted by atomic mass is 35.5. The van der Waals surface area contributed by atoms with Crippen LogP contribution < -0.4 is 10.0 Å². The zero-order valence-electron chi connectivity index (χ0n) is 24.1. The van der Waals surface area contributed by atoms with Crippen LogP contribution in [0.4, 0.5) is 0 Å². The van der Waals surface area contributed by atoms with Gasteiger partial charge in [0.2, 0.25) is 5.91 Å². The van der Waals surface area contributed by atoms with Crippen molar-refractivity contribution in [1.29, 1.82) is 0 Å². The number of halogens is 1. The highest BCUT2D eigenvalue weighted by Gasteiger charge is 2.40. The molecule has 1 heterocycles. The van der Waals surface area contributed by atoms with Crippen molar-refractivity contribution in [3.8, 4) is 0 Å². The fourth-order valence-corrected chi connectivity index (χ4v) is 6.56. The van der Waals surface area contributed by atoms with Crippen LogP contribution in [0.1, 0.15) is 66.3 Å². The van der Waals surface area contributed by atoms with Crippen molar-refractivity contribution in [3.05, 3.63) is 101 Å². The van der Waals surface area contributed by atoms with Gasteiger partial charge in [0.15, 0.2) is 0 Å². The number of nitrogens with one attached hydrogen (secondary N) is 2. The molecule has 8 nitrogen and oxygen atoms in total. The Morgan fingerprint density at radius 1 is 0.905 bits per heavy atom. The molecule has 3 amide bonds. The van der Waals surface area contributed by atoms with Crippen molar-refractivity contribution in [2.75, 3.05) is 13.1 Å². The number of rotatable bonds is 8. The summed E-state index contributed by atoms with van der Waals surface area (Å²) in [6.07, 6.45) is 0.780. The van der Waals surface area contributed by atoms with E-state index in [-0.39, 0.29) is 39.2 Å². The van der Waals surface area contributed by atoms with Gasteiger partial charge < -0.3 is 10.2 Å². The predicted molar refractivity (Wildman–Crippen MR) is 163 cm³/mol. The third-order valence-corrected chi connectivity index (χ3v) is 9.30. The molecule has 0 unspecified atom stereocenters. The van der Waals surface area contributed by atoms with Crippen LogP contribution in [0.5, 0.6) is 0 Å².